The Kier molecular flexibility index (Phi) is 6.04. The van der Waals surface area contributed by atoms with Gasteiger partial charge in [-0.2, -0.15) is 5.10 Å². The molecule has 33 heavy (non-hydrogen) atoms. The third-order valence-corrected chi connectivity index (χ3v) is 6.23. The van der Waals surface area contributed by atoms with Crippen molar-refractivity contribution in [1.29, 1.82) is 0 Å². The van der Waals surface area contributed by atoms with Gasteiger partial charge in [-0.1, -0.05) is 6.07 Å². The van der Waals surface area contributed by atoms with Crippen LogP contribution in [0, 0.1) is 6.92 Å². The number of nitrogens with zero attached hydrogens (tertiary/aromatic N) is 2. The van der Waals surface area contributed by atoms with E-state index in [1.54, 1.807) is 13.1 Å². The number of fused-ring (bicyclic) bond motifs is 1. The van der Waals surface area contributed by atoms with E-state index in [0.29, 0.717) is 6.42 Å². The van der Waals surface area contributed by atoms with Crippen LogP contribution in [-0.4, -0.2) is 32.7 Å². The molecule has 0 unspecified atom stereocenters. The van der Waals surface area contributed by atoms with E-state index in [9.17, 15) is 9.59 Å². The number of hydrogen-bond donors (Lipinski definition) is 0. The lowest BCUT2D eigenvalue weighted by atomic mass is 10.0. The van der Waals surface area contributed by atoms with Crippen molar-refractivity contribution in [2.24, 2.45) is 0 Å². The second-order valence-electron chi connectivity index (χ2n) is 9.87. The van der Waals surface area contributed by atoms with Crippen LogP contribution in [0.25, 0.3) is 10.9 Å². The summed E-state index contributed by atoms with van der Waals surface area (Å²) in [5.41, 5.74) is 3.14. The SMILES string of the molecule is CC(=O)Cc1ccc(OC2(C)CC2)cc1C.CC(=O)n1ncc2cc(OC3(C)CC3)ccc21. The first-order chi connectivity index (χ1) is 15.6. The lowest BCUT2D eigenvalue weighted by molar-refractivity contribution is -0.116. The molecule has 1 heterocycles. The van der Waals surface area contributed by atoms with Gasteiger partial charge in [0.05, 0.1) is 11.7 Å². The largest absolute Gasteiger partial charge is 0.488 e. The predicted octanol–water partition coefficient (Wildman–Crippen LogP) is 5.69. The first kappa shape index (κ1) is 23.0. The first-order valence-electron chi connectivity index (χ1n) is 11.5. The normalized spacial score (nSPS) is 17.0. The van der Waals surface area contributed by atoms with Crippen LogP contribution in [0.5, 0.6) is 11.5 Å². The smallest absolute Gasteiger partial charge is 0.244 e. The van der Waals surface area contributed by atoms with Gasteiger partial charge >= 0.3 is 0 Å². The second-order valence-corrected chi connectivity index (χ2v) is 9.87. The molecular weight excluding hydrogens is 416 g/mol. The molecule has 2 fully saturated rings. The summed E-state index contributed by atoms with van der Waals surface area (Å²) < 4.78 is 13.1. The molecule has 0 radical (unpaired) electrons. The summed E-state index contributed by atoms with van der Waals surface area (Å²) in [4.78, 5) is 22.4. The zero-order valence-corrected chi connectivity index (χ0v) is 20.1. The standard InChI is InChI=1S/C14H18O2.C13H14N2O2/c1-10-8-13(16-14(3)6-7-14)5-4-12(10)9-11(2)15;1-9(16)15-12-4-3-11(7-10(12)8-14-15)17-13(2)5-6-13/h4-5,8H,6-7,9H2,1-3H3;3-4,7-8H,5-6H2,1-2H3. The van der Waals surface area contributed by atoms with E-state index in [-0.39, 0.29) is 22.9 Å². The fourth-order valence-electron chi connectivity index (χ4n) is 3.65. The number of hydrogen-bond acceptors (Lipinski definition) is 5. The minimum absolute atomic E-state index is 0.0181. The Hall–Kier alpha value is -3.15. The number of carbonyl (C=O) groups is 2. The van der Waals surface area contributed by atoms with Crippen LogP contribution >= 0.6 is 0 Å². The van der Waals surface area contributed by atoms with Gasteiger partial charge in [-0.15, -0.1) is 0 Å². The molecule has 6 heteroatoms. The van der Waals surface area contributed by atoms with Crippen molar-refractivity contribution in [3.05, 3.63) is 53.7 Å². The van der Waals surface area contributed by atoms with E-state index in [4.69, 9.17) is 9.47 Å². The molecule has 0 amide bonds. The quantitative estimate of drug-likeness (QED) is 0.485. The van der Waals surface area contributed by atoms with Gasteiger partial charge in [-0.25, -0.2) is 4.68 Å². The third kappa shape index (κ3) is 5.81. The van der Waals surface area contributed by atoms with Crippen molar-refractivity contribution in [3.63, 3.8) is 0 Å². The van der Waals surface area contributed by atoms with Gasteiger partial charge < -0.3 is 9.47 Å². The maximum atomic E-state index is 11.3. The highest BCUT2D eigenvalue weighted by atomic mass is 16.5. The molecule has 3 aromatic rings. The molecule has 0 N–H and O–H groups in total. The van der Waals surface area contributed by atoms with E-state index >= 15 is 0 Å². The molecule has 2 aliphatic carbocycles. The minimum atomic E-state index is -0.0807. The number of aromatic nitrogens is 2. The summed E-state index contributed by atoms with van der Waals surface area (Å²) in [7, 11) is 0. The lowest BCUT2D eigenvalue weighted by Crippen LogP contribution is -2.12. The molecule has 0 spiro atoms. The van der Waals surface area contributed by atoms with Gasteiger partial charge in [0, 0.05) is 18.7 Å². The van der Waals surface area contributed by atoms with E-state index in [1.165, 1.54) is 11.6 Å². The summed E-state index contributed by atoms with van der Waals surface area (Å²) in [6.07, 6.45) is 6.71. The van der Waals surface area contributed by atoms with Crippen LogP contribution < -0.4 is 9.47 Å². The van der Waals surface area contributed by atoms with E-state index in [0.717, 1.165) is 59.2 Å². The molecule has 2 aliphatic rings. The Labute approximate surface area is 194 Å². The van der Waals surface area contributed by atoms with Gasteiger partial charge in [0.25, 0.3) is 0 Å². The molecule has 2 aromatic carbocycles. The average Bonchev–Trinajstić information content (AvgIpc) is 3.60. The molecule has 0 saturated heterocycles. The Morgan fingerprint density at radius 3 is 2.03 bits per heavy atom. The van der Waals surface area contributed by atoms with Crippen molar-refractivity contribution in [2.45, 2.75) is 77.9 Å². The highest BCUT2D eigenvalue weighted by Crippen LogP contribution is 2.40. The summed E-state index contributed by atoms with van der Waals surface area (Å²) in [6, 6.07) is 11.7. The van der Waals surface area contributed by atoms with Crippen LogP contribution in [0.4, 0.5) is 0 Å². The van der Waals surface area contributed by atoms with Crippen LogP contribution in [0.15, 0.2) is 42.6 Å². The maximum absolute atomic E-state index is 11.3. The van der Waals surface area contributed by atoms with Crippen LogP contribution in [0.2, 0.25) is 0 Å². The Bertz CT molecular complexity index is 1200. The monoisotopic (exact) mass is 448 g/mol. The summed E-state index contributed by atoms with van der Waals surface area (Å²) >= 11 is 0. The van der Waals surface area contributed by atoms with Crippen molar-refractivity contribution < 1.29 is 19.1 Å². The molecule has 2 saturated carbocycles. The van der Waals surface area contributed by atoms with Gasteiger partial charge in [0.2, 0.25) is 5.91 Å². The predicted molar refractivity (Wildman–Crippen MR) is 128 cm³/mol. The zero-order valence-electron chi connectivity index (χ0n) is 20.1. The molecule has 6 nitrogen and oxygen atoms in total. The minimum Gasteiger partial charge on any atom is -0.488 e. The number of ether oxygens (including phenoxy) is 2. The third-order valence-electron chi connectivity index (χ3n) is 6.23. The van der Waals surface area contributed by atoms with Crippen molar-refractivity contribution in [3.8, 4) is 11.5 Å². The molecule has 5 rings (SSSR count). The summed E-state index contributed by atoms with van der Waals surface area (Å²) in [5.74, 6) is 1.89. The van der Waals surface area contributed by atoms with Crippen LogP contribution in [-0.2, 0) is 11.2 Å². The van der Waals surface area contributed by atoms with E-state index in [1.807, 2.05) is 43.3 Å². The van der Waals surface area contributed by atoms with Gasteiger partial charge in [-0.05, 0) is 94.8 Å². The van der Waals surface area contributed by atoms with Crippen molar-refractivity contribution in [1.82, 2.24) is 9.78 Å². The second kappa shape index (κ2) is 8.65. The zero-order chi connectivity index (χ0) is 23.8. The van der Waals surface area contributed by atoms with E-state index < -0.39 is 0 Å². The number of benzene rings is 2. The number of carbonyl (C=O) groups excluding carboxylic acids is 2. The average molecular weight is 449 g/mol. The molecule has 174 valence electrons. The van der Waals surface area contributed by atoms with Crippen LogP contribution in [0.1, 0.15) is 69.3 Å². The Morgan fingerprint density at radius 1 is 0.939 bits per heavy atom. The fourth-order valence-corrected chi connectivity index (χ4v) is 3.65. The molecule has 0 aliphatic heterocycles. The number of Topliss-reactive ketones (excluding diaryl/α,β-unsaturated/α-hetero) is 1. The highest BCUT2D eigenvalue weighted by molar-refractivity contribution is 5.90. The molecular formula is C27H32N2O4. The molecule has 0 atom stereocenters. The van der Waals surface area contributed by atoms with Gasteiger partial charge in [0.15, 0.2) is 0 Å². The number of ketones is 1. The first-order valence-corrected chi connectivity index (χ1v) is 11.5. The van der Waals surface area contributed by atoms with Crippen molar-refractivity contribution >= 4 is 22.6 Å². The molecule has 1 aromatic heterocycles. The number of aryl methyl sites for hydroxylation is 1. The van der Waals surface area contributed by atoms with Gasteiger partial charge in [-0.3, -0.25) is 9.59 Å². The summed E-state index contributed by atoms with van der Waals surface area (Å²) in [5, 5.41) is 4.99. The Morgan fingerprint density at radius 2 is 1.52 bits per heavy atom. The van der Waals surface area contributed by atoms with Gasteiger partial charge in [0.1, 0.15) is 28.5 Å². The highest BCUT2D eigenvalue weighted by Gasteiger charge is 2.40. The fraction of sp³-hybridized carbons (Fsp3) is 0.444. The maximum Gasteiger partial charge on any atom is 0.244 e. The van der Waals surface area contributed by atoms with Crippen LogP contribution in [0.3, 0.4) is 0 Å². The number of rotatable bonds is 6. The lowest BCUT2D eigenvalue weighted by Gasteiger charge is -2.14. The van der Waals surface area contributed by atoms with Crippen molar-refractivity contribution in [2.75, 3.05) is 0 Å². The Balaban J connectivity index is 0.000000157. The molecule has 0 bridgehead atoms. The topological polar surface area (TPSA) is 70.4 Å². The van der Waals surface area contributed by atoms with E-state index in [2.05, 4.69) is 18.9 Å². The summed E-state index contributed by atoms with van der Waals surface area (Å²) in [6.45, 7) is 9.39.